The molecular formula is C14H19N3O2. The van der Waals surface area contributed by atoms with Gasteiger partial charge < -0.3 is 15.2 Å². The van der Waals surface area contributed by atoms with Crippen LogP contribution in [0.15, 0.2) is 42.7 Å². The minimum absolute atomic E-state index is 0.448. The number of aliphatic hydroxyl groups excluding tert-OH is 1. The first kappa shape index (κ1) is 13.4. The van der Waals surface area contributed by atoms with E-state index >= 15 is 0 Å². The molecule has 2 N–H and O–H groups in total. The van der Waals surface area contributed by atoms with E-state index in [2.05, 4.69) is 10.4 Å². The lowest BCUT2D eigenvalue weighted by Crippen LogP contribution is -2.25. The van der Waals surface area contributed by atoms with Gasteiger partial charge >= 0.3 is 0 Å². The zero-order valence-corrected chi connectivity index (χ0v) is 11.0. The topological polar surface area (TPSA) is 59.3 Å². The van der Waals surface area contributed by atoms with Crippen LogP contribution in [0.2, 0.25) is 0 Å². The molecule has 5 heteroatoms. The van der Waals surface area contributed by atoms with Crippen LogP contribution in [0.4, 0.5) is 5.69 Å². The van der Waals surface area contributed by atoms with Crippen LogP contribution < -0.4 is 10.1 Å². The predicted molar refractivity (Wildman–Crippen MR) is 74.3 cm³/mol. The minimum atomic E-state index is -0.505. The lowest BCUT2D eigenvalue weighted by molar-refractivity contribution is 0.161. The van der Waals surface area contributed by atoms with Crippen LogP contribution in [0.1, 0.15) is 6.92 Å². The van der Waals surface area contributed by atoms with Gasteiger partial charge in [-0.05, 0) is 25.1 Å². The van der Waals surface area contributed by atoms with Crippen LogP contribution in [0, 0.1) is 0 Å². The summed E-state index contributed by atoms with van der Waals surface area (Å²) in [5.41, 5.74) is 0.892. The second-order valence-corrected chi connectivity index (χ2v) is 4.19. The van der Waals surface area contributed by atoms with Crippen molar-refractivity contribution in [2.45, 2.75) is 19.6 Å². The van der Waals surface area contributed by atoms with E-state index < -0.39 is 6.10 Å². The fraction of sp³-hybridized carbons (Fsp3) is 0.357. The number of aliphatic hydroxyl groups is 1. The van der Waals surface area contributed by atoms with Gasteiger partial charge in [0.2, 0.25) is 0 Å². The van der Waals surface area contributed by atoms with Crippen molar-refractivity contribution in [1.82, 2.24) is 9.78 Å². The second kappa shape index (κ2) is 6.80. The van der Waals surface area contributed by atoms with Crippen LogP contribution in [0.25, 0.3) is 0 Å². The molecule has 1 unspecified atom stereocenters. The van der Waals surface area contributed by atoms with E-state index in [4.69, 9.17) is 4.74 Å². The molecule has 1 heterocycles. The van der Waals surface area contributed by atoms with Crippen molar-refractivity contribution in [2.24, 2.45) is 0 Å². The van der Waals surface area contributed by atoms with Gasteiger partial charge in [0.05, 0.1) is 24.9 Å². The van der Waals surface area contributed by atoms with Gasteiger partial charge in [-0.25, -0.2) is 0 Å². The number of aromatic nitrogens is 2. The molecule has 0 radical (unpaired) electrons. The molecule has 0 spiro atoms. The second-order valence-electron chi connectivity index (χ2n) is 4.19. The highest BCUT2D eigenvalue weighted by atomic mass is 16.5. The Kier molecular flexibility index (Phi) is 4.80. The lowest BCUT2D eigenvalue weighted by atomic mass is 10.2. The SMILES string of the molecule is CCOc1ccccc1NCC(O)Cn1cccn1. The average molecular weight is 261 g/mol. The molecule has 0 aliphatic rings. The molecule has 1 aromatic carbocycles. The standard InChI is InChI=1S/C14H19N3O2/c1-2-19-14-7-4-3-6-13(14)15-10-12(18)11-17-9-5-8-16-17/h3-9,12,15,18H,2,10-11H2,1H3. The largest absolute Gasteiger partial charge is 0.492 e. The number of benzene rings is 1. The van der Waals surface area contributed by atoms with Crippen LogP contribution in [-0.2, 0) is 6.54 Å². The molecule has 5 nitrogen and oxygen atoms in total. The number of nitrogens with one attached hydrogen (secondary N) is 1. The molecule has 102 valence electrons. The van der Waals surface area contributed by atoms with Gasteiger partial charge in [-0.3, -0.25) is 4.68 Å². The first-order chi connectivity index (χ1) is 9.29. The quantitative estimate of drug-likeness (QED) is 0.797. The maximum Gasteiger partial charge on any atom is 0.142 e. The average Bonchev–Trinajstić information content (AvgIpc) is 2.91. The van der Waals surface area contributed by atoms with Crippen LogP contribution in [0.5, 0.6) is 5.75 Å². The fourth-order valence-electron chi connectivity index (χ4n) is 1.81. The zero-order chi connectivity index (χ0) is 13.5. The number of rotatable bonds is 7. The molecule has 0 fully saturated rings. The van der Waals surface area contributed by atoms with Crippen LogP contribution >= 0.6 is 0 Å². The molecule has 0 saturated heterocycles. The summed E-state index contributed by atoms with van der Waals surface area (Å²) >= 11 is 0. The van der Waals surface area contributed by atoms with Gasteiger partial charge in [-0.2, -0.15) is 5.10 Å². The molecule has 1 aromatic heterocycles. The first-order valence-electron chi connectivity index (χ1n) is 6.40. The van der Waals surface area contributed by atoms with E-state index in [-0.39, 0.29) is 0 Å². The fourth-order valence-corrected chi connectivity index (χ4v) is 1.81. The molecule has 0 amide bonds. The van der Waals surface area contributed by atoms with E-state index in [9.17, 15) is 5.11 Å². The number of hydrogen-bond acceptors (Lipinski definition) is 4. The van der Waals surface area contributed by atoms with Crippen molar-refractivity contribution in [3.8, 4) is 5.75 Å². The zero-order valence-electron chi connectivity index (χ0n) is 11.0. The number of para-hydroxylation sites is 2. The van der Waals surface area contributed by atoms with Crippen LogP contribution in [-0.4, -0.2) is 34.1 Å². The summed E-state index contributed by atoms with van der Waals surface area (Å²) in [5.74, 6) is 0.802. The summed E-state index contributed by atoms with van der Waals surface area (Å²) in [4.78, 5) is 0. The molecular weight excluding hydrogens is 242 g/mol. The Labute approximate surface area is 112 Å². The summed E-state index contributed by atoms with van der Waals surface area (Å²) < 4.78 is 7.22. The van der Waals surface area contributed by atoms with Gasteiger partial charge in [-0.1, -0.05) is 12.1 Å². The lowest BCUT2D eigenvalue weighted by Gasteiger charge is -2.15. The Balaban J connectivity index is 1.87. The van der Waals surface area contributed by atoms with Crippen molar-refractivity contribution >= 4 is 5.69 Å². The third-order valence-corrected chi connectivity index (χ3v) is 2.67. The Morgan fingerprint density at radius 2 is 2.21 bits per heavy atom. The highest BCUT2D eigenvalue weighted by molar-refractivity contribution is 5.56. The first-order valence-corrected chi connectivity index (χ1v) is 6.40. The number of nitrogens with zero attached hydrogens (tertiary/aromatic N) is 2. The van der Waals surface area contributed by atoms with E-state index in [0.717, 1.165) is 11.4 Å². The Morgan fingerprint density at radius 3 is 2.95 bits per heavy atom. The predicted octanol–water partition coefficient (Wildman–Crippen LogP) is 1.75. The number of ether oxygens (including phenoxy) is 1. The summed E-state index contributed by atoms with van der Waals surface area (Å²) in [6.07, 6.45) is 3.02. The number of anilines is 1. The number of hydrogen-bond donors (Lipinski definition) is 2. The van der Waals surface area contributed by atoms with Crippen molar-refractivity contribution in [1.29, 1.82) is 0 Å². The summed E-state index contributed by atoms with van der Waals surface area (Å²) in [7, 11) is 0. The summed E-state index contributed by atoms with van der Waals surface area (Å²) in [6, 6.07) is 9.54. The molecule has 0 aliphatic heterocycles. The summed E-state index contributed by atoms with van der Waals surface area (Å²) in [6.45, 7) is 3.48. The minimum Gasteiger partial charge on any atom is -0.492 e. The molecule has 2 rings (SSSR count). The third kappa shape index (κ3) is 3.99. The Morgan fingerprint density at radius 1 is 1.37 bits per heavy atom. The normalized spacial score (nSPS) is 12.1. The Bertz CT molecular complexity index is 485. The van der Waals surface area contributed by atoms with Crippen molar-refractivity contribution in [3.63, 3.8) is 0 Å². The summed E-state index contributed by atoms with van der Waals surface area (Å²) in [5, 5.41) is 17.2. The molecule has 0 saturated carbocycles. The molecule has 0 aliphatic carbocycles. The Hall–Kier alpha value is -2.01. The van der Waals surface area contributed by atoms with E-state index in [0.29, 0.717) is 19.7 Å². The molecule has 0 bridgehead atoms. The van der Waals surface area contributed by atoms with Crippen molar-refractivity contribution < 1.29 is 9.84 Å². The monoisotopic (exact) mass is 261 g/mol. The highest BCUT2D eigenvalue weighted by Gasteiger charge is 2.07. The highest BCUT2D eigenvalue weighted by Crippen LogP contribution is 2.23. The molecule has 2 aromatic rings. The maximum absolute atomic E-state index is 9.94. The van der Waals surface area contributed by atoms with Gasteiger partial charge in [0.25, 0.3) is 0 Å². The van der Waals surface area contributed by atoms with Crippen LogP contribution in [0.3, 0.4) is 0 Å². The van der Waals surface area contributed by atoms with Gasteiger partial charge in [0, 0.05) is 18.9 Å². The molecule has 1 atom stereocenters. The van der Waals surface area contributed by atoms with Gasteiger partial charge in [0.15, 0.2) is 0 Å². The van der Waals surface area contributed by atoms with E-state index in [1.54, 1.807) is 10.9 Å². The van der Waals surface area contributed by atoms with Gasteiger partial charge in [-0.15, -0.1) is 0 Å². The van der Waals surface area contributed by atoms with Gasteiger partial charge in [0.1, 0.15) is 5.75 Å². The van der Waals surface area contributed by atoms with Crippen molar-refractivity contribution in [3.05, 3.63) is 42.7 Å². The maximum atomic E-state index is 9.94. The van der Waals surface area contributed by atoms with Crippen molar-refractivity contribution in [2.75, 3.05) is 18.5 Å². The van der Waals surface area contributed by atoms with E-state index in [1.165, 1.54) is 0 Å². The third-order valence-electron chi connectivity index (χ3n) is 2.67. The smallest absolute Gasteiger partial charge is 0.142 e. The van der Waals surface area contributed by atoms with E-state index in [1.807, 2.05) is 43.5 Å². The molecule has 19 heavy (non-hydrogen) atoms.